The SMILES string of the molecule is O=Cc1cc(Cl)c(C2CCCNC2)c2c1OCCO2. The van der Waals surface area contributed by atoms with Crippen LogP contribution in [0.3, 0.4) is 0 Å². The second kappa shape index (κ2) is 5.39. The summed E-state index contributed by atoms with van der Waals surface area (Å²) in [6.07, 6.45) is 2.96. The topological polar surface area (TPSA) is 47.6 Å². The van der Waals surface area contributed by atoms with Crippen molar-refractivity contribution in [2.75, 3.05) is 26.3 Å². The number of hydrogen-bond acceptors (Lipinski definition) is 4. The summed E-state index contributed by atoms with van der Waals surface area (Å²) in [6.45, 7) is 2.90. The Hall–Kier alpha value is -1.26. The Bertz CT molecular complexity index is 498. The van der Waals surface area contributed by atoms with Crippen LogP contribution in [0.4, 0.5) is 0 Å². The average Bonchev–Trinajstić information content (AvgIpc) is 2.47. The molecule has 0 amide bonds. The first-order chi connectivity index (χ1) is 9.31. The third-order valence-electron chi connectivity index (χ3n) is 3.66. The van der Waals surface area contributed by atoms with E-state index in [1.165, 1.54) is 0 Å². The maximum atomic E-state index is 11.1. The van der Waals surface area contributed by atoms with Crippen LogP contribution in [0.5, 0.6) is 11.5 Å². The van der Waals surface area contributed by atoms with Gasteiger partial charge >= 0.3 is 0 Å². The Labute approximate surface area is 117 Å². The van der Waals surface area contributed by atoms with Crippen LogP contribution in [0.25, 0.3) is 0 Å². The van der Waals surface area contributed by atoms with Crippen molar-refractivity contribution >= 4 is 17.9 Å². The van der Waals surface area contributed by atoms with Gasteiger partial charge in [0, 0.05) is 23.0 Å². The summed E-state index contributed by atoms with van der Waals surface area (Å²) in [5, 5.41) is 3.97. The smallest absolute Gasteiger partial charge is 0.172 e. The van der Waals surface area contributed by atoms with Crippen LogP contribution in [0.15, 0.2) is 6.07 Å². The second-order valence-corrected chi connectivity index (χ2v) is 5.28. The van der Waals surface area contributed by atoms with Gasteiger partial charge in [0.05, 0.1) is 5.56 Å². The number of benzene rings is 1. The molecule has 2 aliphatic heterocycles. The van der Waals surface area contributed by atoms with Crippen LogP contribution in [0.1, 0.15) is 34.7 Å². The first-order valence-electron chi connectivity index (χ1n) is 6.59. The van der Waals surface area contributed by atoms with Crippen molar-refractivity contribution in [1.29, 1.82) is 0 Å². The largest absolute Gasteiger partial charge is 0.486 e. The van der Waals surface area contributed by atoms with Gasteiger partial charge in [0.2, 0.25) is 0 Å². The van der Waals surface area contributed by atoms with E-state index in [0.29, 0.717) is 41.2 Å². The Balaban J connectivity index is 2.09. The zero-order valence-electron chi connectivity index (χ0n) is 10.6. The van der Waals surface area contributed by atoms with Gasteiger partial charge < -0.3 is 14.8 Å². The standard InChI is InChI=1S/C14H16ClNO3/c15-11-6-10(8-17)13-14(19-5-4-18-13)12(11)9-2-1-3-16-7-9/h6,8-9,16H,1-5,7H2. The van der Waals surface area contributed by atoms with Gasteiger partial charge in [0.15, 0.2) is 17.8 Å². The van der Waals surface area contributed by atoms with Crippen LogP contribution >= 0.6 is 11.6 Å². The minimum atomic E-state index is 0.317. The predicted molar refractivity (Wildman–Crippen MR) is 72.7 cm³/mol. The number of piperidine rings is 1. The van der Waals surface area contributed by atoms with Crippen LogP contribution < -0.4 is 14.8 Å². The van der Waals surface area contributed by atoms with Crippen molar-refractivity contribution in [1.82, 2.24) is 5.32 Å². The lowest BCUT2D eigenvalue weighted by Crippen LogP contribution is -2.29. The van der Waals surface area contributed by atoms with Gasteiger partial charge in [-0.3, -0.25) is 4.79 Å². The molecule has 1 atom stereocenters. The lowest BCUT2D eigenvalue weighted by atomic mass is 9.89. The Morgan fingerprint density at radius 2 is 2.11 bits per heavy atom. The summed E-state index contributed by atoms with van der Waals surface area (Å²) < 4.78 is 11.3. The third-order valence-corrected chi connectivity index (χ3v) is 3.97. The first-order valence-corrected chi connectivity index (χ1v) is 6.97. The maximum absolute atomic E-state index is 11.1. The molecule has 0 aliphatic carbocycles. The molecule has 4 nitrogen and oxygen atoms in total. The third kappa shape index (κ3) is 2.30. The summed E-state index contributed by atoms with van der Waals surface area (Å²) >= 11 is 6.36. The monoisotopic (exact) mass is 281 g/mol. The number of hydrogen-bond donors (Lipinski definition) is 1. The molecule has 5 heteroatoms. The molecule has 0 spiro atoms. The quantitative estimate of drug-likeness (QED) is 0.846. The number of carbonyl (C=O) groups excluding carboxylic acids is 1. The number of halogens is 1. The molecule has 2 aliphatic rings. The van der Waals surface area contributed by atoms with Gasteiger partial charge in [-0.2, -0.15) is 0 Å². The highest BCUT2D eigenvalue weighted by Crippen LogP contribution is 2.45. The fourth-order valence-electron chi connectivity index (χ4n) is 2.79. The zero-order valence-corrected chi connectivity index (χ0v) is 11.3. The molecule has 19 heavy (non-hydrogen) atoms. The molecular formula is C14H16ClNO3. The molecule has 1 aromatic carbocycles. The molecule has 0 radical (unpaired) electrons. The molecule has 102 valence electrons. The van der Waals surface area contributed by atoms with E-state index in [9.17, 15) is 4.79 Å². The molecule has 3 rings (SSSR count). The molecule has 1 fully saturated rings. The maximum Gasteiger partial charge on any atom is 0.172 e. The normalized spacial score (nSPS) is 22.1. The summed E-state index contributed by atoms with van der Waals surface area (Å²) in [4.78, 5) is 11.1. The fraction of sp³-hybridized carbons (Fsp3) is 0.500. The van der Waals surface area contributed by atoms with E-state index in [1.54, 1.807) is 6.07 Å². The van der Waals surface area contributed by atoms with Crippen molar-refractivity contribution < 1.29 is 14.3 Å². The van der Waals surface area contributed by atoms with Gasteiger partial charge in [-0.15, -0.1) is 0 Å². The molecule has 0 saturated carbocycles. The average molecular weight is 282 g/mol. The first kappa shape index (κ1) is 12.8. The Kier molecular flexibility index (Phi) is 3.62. The highest BCUT2D eigenvalue weighted by molar-refractivity contribution is 6.32. The number of fused-ring (bicyclic) bond motifs is 1. The van der Waals surface area contributed by atoms with E-state index in [2.05, 4.69) is 5.32 Å². The van der Waals surface area contributed by atoms with Crippen molar-refractivity contribution in [3.63, 3.8) is 0 Å². The van der Waals surface area contributed by atoms with E-state index in [0.717, 1.165) is 37.8 Å². The second-order valence-electron chi connectivity index (χ2n) is 4.88. The summed E-state index contributed by atoms with van der Waals surface area (Å²) in [5.41, 5.74) is 1.45. The van der Waals surface area contributed by atoms with E-state index in [-0.39, 0.29) is 0 Å². The molecule has 1 unspecified atom stereocenters. The fourth-order valence-corrected chi connectivity index (χ4v) is 3.15. The summed E-state index contributed by atoms with van der Waals surface area (Å²) in [7, 11) is 0. The summed E-state index contributed by atoms with van der Waals surface area (Å²) in [6, 6.07) is 1.69. The van der Waals surface area contributed by atoms with Gasteiger partial charge in [-0.05, 0) is 25.5 Å². The van der Waals surface area contributed by atoms with Crippen LogP contribution in [-0.2, 0) is 0 Å². The number of nitrogens with one attached hydrogen (secondary N) is 1. The van der Waals surface area contributed by atoms with Crippen LogP contribution in [0, 0.1) is 0 Å². The van der Waals surface area contributed by atoms with E-state index in [1.807, 2.05) is 0 Å². The highest BCUT2D eigenvalue weighted by Gasteiger charge is 2.28. The lowest BCUT2D eigenvalue weighted by molar-refractivity contribution is 0.111. The number of ether oxygens (including phenoxy) is 2. The van der Waals surface area contributed by atoms with Crippen molar-refractivity contribution in [2.45, 2.75) is 18.8 Å². The van der Waals surface area contributed by atoms with Crippen LogP contribution in [-0.4, -0.2) is 32.6 Å². The van der Waals surface area contributed by atoms with Gasteiger partial charge in [-0.1, -0.05) is 11.6 Å². The molecule has 1 N–H and O–H groups in total. The number of rotatable bonds is 2. The Morgan fingerprint density at radius 1 is 1.32 bits per heavy atom. The van der Waals surface area contributed by atoms with E-state index >= 15 is 0 Å². The minimum Gasteiger partial charge on any atom is -0.486 e. The Morgan fingerprint density at radius 3 is 2.79 bits per heavy atom. The molecular weight excluding hydrogens is 266 g/mol. The molecule has 1 saturated heterocycles. The molecule has 0 aromatic heterocycles. The molecule has 2 heterocycles. The zero-order chi connectivity index (χ0) is 13.2. The molecule has 0 bridgehead atoms. The minimum absolute atomic E-state index is 0.317. The van der Waals surface area contributed by atoms with Crippen LogP contribution in [0.2, 0.25) is 5.02 Å². The van der Waals surface area contributed by atoms with Crippen molar-refractivity contribution in [3.05, 3.63) is 22.2 Å². The van der Waals surface area contributed by atoms with Gasteiger partial charge in [-0.25, -0.2) is 0 Å². The van der Waals surface area contributed by atoms with Gasteiger partial charge in [0.1, 0.15) is 13.2 Å². The number of carbonyl (C=O) groups is 1. The molecule has 1 aromatic rings. The van der Waals surface area contributed by atoms with Crippen molar-refractivity contribution in [2.24, 2.45) is 0 Å². The van der Waals surface area contributed by atoms with Crippen molar-refractivity contribution in [3.8, 4) is 11.5 Å². The van der Waals surface area contributed by atoms with E-state index in [4.69, 9.17) is 21.1 Å². The lowest BCUT2D eigenvalue weighted by Gasteiger charge is -2.29. The predicted octanol–water partition coefficient (Wildman–Crippen LogP) is 2.39. The van der Waals surface area contributed by atoms with E-state index < -0.39 is 0 Å². The number of aldehydes is 1. The van der Waals surface area contributed by atoms with Gasteiger partial charge in [0.25, 0.3) is 0 Å². The summed E-state index contributed by atoms with van der Waals surface area (Å²) in [5.74, 6) is 1.53. The highest BCUT2D eigenvalue weighted by atomic mass is 35.5.